The van der Waals surface area contributed by atoms with E-state index in [0.717, 1.165) is 10.0 Å². The maximum Gasteiger partial charge on any atom is 0.412 e. The maximum absolute atomic E-state index is 11.4. The molecule has 0 unspecified atom stereocenters. The van der Waals surface area contributed by atoms with Crippen molar-refractivity contribution in [1.82, 2.24) is 5.32 Å². The number of benzene rings is 1. The molecule has 0 aliphatic rings. The third kappa shape index (κ3) is 4.04. The number of hydrogen-bond donors (Lipinski definition) is 1. The molecule has 94 valence electrons. The first-order valence-electron chi connectivity index (χ1n) is 5.60. The monoisotopic (exact) mass is 299 g/mol. The Hall–Kier alpha value is -1.03. The fourth-order valence-corrected chi connectivity index (χ4v) is 1.82. The van der Waals surface area contributed by atoms with Gasteiger partial charge in [0.15, 0.2) is 0 Å². The topological polar surface area (TPSA) is 38.3 Å². The molecule has 1 rings (SSSR count). The van der Waals surface area contributed by atoms with E-state index in [0.29, 0.717) is 12.3 Å². The Morgan fingerprint density at radius 2 is 2.06 bits per heavy atom. The normalized spacial score (nSPS) is 11.1. The Labute approximate surface area is 111 Å². The molecule has 0 bridgehead atoms. The number of rotatable bonds is 2. The number of nitrogens with one attached hydrogen (secondary N) is 1. The van der Waals surface area contributed by atoms with Gasteiger partial charge in [0.1, 0.15) is 5.75 Å². The van der Waals surface area contributed by atoms with Crippen LogP contribution in [0, 0.1) is 0 Å². The molecule has 17 heavy (non-hydrogen) atoms. The minimum Gasteiger partial charge on any atom is -0.410 e. The molecule has 0 aliphatic heterocycles. The molecule has 0 spiro atoms. The van der Waals surface area contributed by atoms with E-state index in [1.807, 2.05) is 19.1 Å². The van der Waals surface area contributed by atoms with Crippen molar-refractivity contribution in [3.05, 3.63) is 28.2 Å². The number of hydrogen-bond acceptors (Lipinski definition) is 2. The average molecular weight is 300 g/mol. The van der Waals surface area contributed by atoms with Crippen LogP contribution in [0.25, 0.3) is 0 Å². The molecule has 0 saturated heterocycles. The number of ether oxygens (including phenoxy) is 1. The van der Waals surface area contributed by atoms with Crippen molar-refractivity contribution in [3.8, 4) is 5.75 Å². The van der Waals surface area contributed by atoms with Crippen LogP contribution in [0.15, 0.2) is 22.7 Å². The van der Waals surface area contributed by atoms with Crippen molar-refractivity contribution in [2.75, 3.05) is 6.54 Å². The highest BCUT2D eigenvalue weighted by atomic mass is 79.9. The summed E-state index contributed by atoms with van der Waals surface area (Å²) in [5, 5.41) is 2.61. The second-order valence-corrected chi connectivity index (χ2v) is 5.73. The zero-order valence-corrected chi connectivity index (χ0v) is 12.2. The Morgan fingerprint density at radius 3 is 2.59 bits per heavy atom. The molecular weight excluding hydrogens is 282 g/mol. The second kappa shape index (κ2) is 5.54. The molecular formula is C13H18BrNO2. The van der Waals surface area contributed by atoms with E-state index < -0.39 is 6.09 Å². The van der Waals surface area contributed by atoms with Gasteiger partial charge in [-0.3, -0.25) is 0 Å². The van der Waals surface area contributed by atoms with E-state index in [9.17, 15) is 4.79 Å². The summed E-state index contributed by atoms with van der Waals surface area (Å²) in [5.41, 5.74) is 0.920. The molecule has 0 radical (unpaired) electrons. The molecule has 1 aromatic rings. The van der Waals surface area contributed by atoms with Gasteiger partial charge in [-0.25, -0.2) is 4.79 Å². The van der Waals surface area contributed by atoms with Crippen LogP contribution in [0.4, 0.5) is 4.79 Å². The molecule has 3 nitrogen and oxygen atoms in total. The quantitative estimate of drug-likeness (QED) is 0.900. The van der Waals surface area contributed by atoms with Crippen LogP contribution >= 0.6 is 15.9 Å². The molecule has 0 heterocycles. The van der Waals surface area contributed by atoms with Crippen LogP contribution in [0.1, 0.15) is 33.3 Å². The van der Waals surface area contributed by atoms with E-state index in [4.69, 9.17) is 4.74 Å². The second-order valence-electron chi connectivity index (χ2n) is 4.81. The van der Waals surface area contributed by atoms with Gasteiger partial charge in [-0.1, -0.05) is 36.7 Å². The standard InChI is InChI=1S/C13H18BrNO2/c1-5-15-12(16)17-11-7-6-9(14)8-10(11)13(2,3)4/h6-8H,5H2,1-4H3,(H,15,16). The summed E-state index contributed by atoms with van der Waals surface area (Å²) < 4.78 is 6.27. The minimum absolute atomic E-state index is 0.0778. The number of amides is 1. The predicted molar refractivity (Wildman–Crippen MR) is 72.5 cm³/mol. The molecule has 0 atom stereocenters. The zero-order chi connectivity index (χ0) is 13.1. The molecule has 1 aromatic carbocycles. The molecule has 0 aliphatic carbocycles. The van der Waals surface area contributed by atoms with E-state index in [-0.39, 0.29) is 5.41 Å². The lowest BCUT2D eigenvalue weighted by atomic mass is 9.86. The maximum atomic E-state index is 11.4. The summed E-state index contributed by atoms with van der Waals surface area (Å²) >= 11 is 3.43. The third-order valence-electron chi connectivity index (χ3n) is 2.27. The van der Waals surface area contributed by atoms with Gasteiger partial charge in [0.25, 0.3) is 0 Å². The Bertz CT molecular complexity index is 410. The number of halogens is 1. The first kappa shape index (κ1) is 14.0. The van der Waals surface area contributed by atoms with Crippen molar-refractivity contribution >= 4 is 22.0 Å². The number of carbonyl (C=O) groups excluding carboxylic acids is 1. The first-order chi connectivity index (χ1) is 7.84. The first-order valence-corrected chi connectivity index (χ1v) is 6.39. The molecule has 1 amide bonds. The van der Waals surface area contributed by atoms with Crippen LogP contribution in [-0.2, 0) is 5.41 Å². The van der Waals surface area contributed by atoms with E-state index in [1.165, 1.54) is 0 Å². The SMILES string of the molecule is CCNC(=O)Oc1ccc(Br)cc1C(C)(C)C. The highest BCUT2D eigenvalue weighted by molar-refractivity contribution is 9.10. The van der Waals surface area contributed by atoms with Crippen molar-refractivity contribution in [2.45, 2.75) is 33.1 Å². The number of carbonyl (C=O) groups is 1. The summed E-state index contributed by atoms with van der Waals surface area (Å²) in [6, 6.07) is 5.65. The van der Waals surface area contributed by atoms with Crippen molar-refractivity contribution in [1.29, 1.82) is 0 Å². The molecule has 0 aromatic heterocycles. The Balaban J connectivity index is 3.03. The Kier molecular flexibility index (Phi) is 4.57. The zero-order valence-electron chi connectivity index (χ0n) is 10.6. The lowest BCUT2D eigenvalue weighted by Crippen LogP contribution is -2.27. The van der Waals surface area contributed by atoms with Crippen LogP contribution in [0.3, 0.4) is 0 Å². The van der Waals surface area contributed by atoms with Crippen molar-refractivity contribution < 1.29 is 9.53 Å². The van der Waals surface area contributed by atoms with Crippen LogP contribution in [-0.4, -0.2) is 12.6 Å². The van der Waals surface area contributed by atoms with Crippen molar-refractivity contribution in [3.63, 3.8) is 0 Å². The summed E-state index contributed by atoms with van der Waals surface area (Å²) in [6.07, 6.45) is -0.416. The summed E-state index contributed by atoms with van der Waals surface area (Å²) in [7, 11) is 0. The molecule has 0 fully saturated rings. The largest absolute Gasteiger partial charge is 0.412 e. The Morgan fingerprint density at radius 1 is 1.41 bits per heavy atom. The smallest absolute Gasteiger partial charge is 0.410 e. The molecule has 1 N–H and O–H groups in total. The van der Waals surface area contributed by atoms with Crippen LogP contribution in [0.2, 0.25) is 0 Å². The van der Waals surface area contributed by atoms with Crippen LogP contribution < -0.4 is 10.1 Å². The van der Waals surface area contributed by atoms with Gasteiger partial charge in [0.2, 0.25) is 0 Å². The van der Waals surface area contributed by atoms with Gasteiger partial charge in [-0.2, -0.15) is 0 Å². The average Bonchev–Trinajstić information content (AvgIpc) is 2.19. The minimum atomic E-state index is -0.416. The van der Waals surface area contributed by atoms with E-state index in [1.54, 1.807) is 6.07 Å². The van der Waals surface area contributed by atoms with Gasteiger partial charge in [-0.05, 0) is 30.5 Å². The highest BCUT2D eigenvalue weighted by Gasteiger charge is 2.20. The lowest BCUT2D eigenvalue weighted by molar-refractivity contribution is 0.200. The lowest BCUT2D eigenvalue weighted by Gasteiger charge is -2.22. The van der Waals surface area contributed by atoms with Gasteiger partial charge in [0.05, 0.1) is 0 Å². The van der Waals surface area contributed by atoms with Gasteiger partial charge in [0, 0.05) is 16.6 Å². The fraction of sp³-hybridized carbons (Fsp3) is 0.462. The third-order valence-corrected chi connectivity index (χ3v) is 2.77. The van der Waals surface area contributed by atoms with Crippen molar-refractivity contribution in [2.24, 2.45) is 0 Å². The molecule has 0 saturated carbocycles. The summed E-state index contributed by atoms with van der Waals surface area (Å²) in [4.78, 5) is 11.4. The van der Waals surface area contributed by atoms with E-state index in [2.05, 4.69) is 42.0 Å². The fourth-order valence-electron chi connectivity index (χ4n) is 1.46. The highest BCUT2D eigenvalue weighted by Crippen LogP contribution is 2.33. The van der Waals surface area contributed by atoms with Gasteiger partial charge >= 0.3 is 6.09 Å². The summed E-state index contributed by atoms with van der Waals surface area (Å²) in [5.74, 6) is 0.603. The predicted octanol–water partition coefficient (Wildman–Crippen LogP) is 3.85. The van der Waals surface area contributed by atoms with Gasteiger partial charge < -0.3 is 10.1 Å². The van der Waals surface area contributed by atoms with E-state index >= 15 is 0 Å². The summed E-state index contributed by atoms with van der Waals surface area (Å²) in [6.45, 7) is 8.66. The molecule has 4 heteroatoms. The van der Waals surface area contributed by atoms with Gasteiger partial charge in [-0.15, -0.1) is 0 Å². The van der Waals surface area contributed by atoms with Crippen LogP contribution in [0.5, 0.6) is 5.75 Å².